The van der Waals surface area contributed by atoms with Crippen LogP contribution in [0.25, 0.3) is 0 Å². The SMILES string of the molecule is CC(C)S(=O)(=O)N1CCC(C(O)CCc2ccccc2)CC1. The van der Waals surface area contributed by atoms with Crippen molar-refractivity contribution in [3.63, 3.8) is 0 Å². The van der Waals surface area contributed by atoms with Crippen LogP contribution in [-0.2, 0) is 16.4 Å². The van der Waals surface area contributed by atoms with Crippen molar-refractivity contribution >= 4 is 10.0 Å². The van der Waals surface area contributed by atoms with Crippen molar-refractivity contribution in [1.29, 1.82) is 0 Å². The highest BCUT2D eigenvalue weighted by Gasteiger charge is 2.32. The van der Waals surface area contributed by atoms with Crippen LogP contribution in [0.4, 0.5) is 0 Å². The summed E-state index contributed by atoms with van der Waals surface area (Å²) < 4.78 is 25.9. The van der Waals surface area contributed by atoms with Crippen LogP contribution in [-0.4, -0.2) is 42.3 Å². The lowest BCUT2D eigenvalue weighted by Gasteiger charge is -2.34. The highest BCUT2D eigenvalue weighted by molar-refractivity contribution is 7.89. The molecule has 1 unspecified atom stereocenters. The zero-order chi connectivity index (χ0) is 16.2. The Morgan fingerprint density at radius 3 is 2.32 bits per heavy atom. The van der Waals surface area contributed by atoms with Gasteiger partial charge in [-0.15, -0.1) is 0 Å². The lowest BCUT2D eigenvalue weighted by Crippen LogP contribution is -2.43. The molecule has 1 aromatic rings. The molecule has 0 aromatic heterocycles. The fraction of sp³-hybridized carbons (Fsp3) is 0.647. The molecule has 1 heterocycles. The van der Waals surface area contributed by atoms with E-state index in [-0.39, 0.29) is 17.3 Å². The van der Waals surface area contributed by atoms with Gasteiger partial charge in [-0.05, 0) is 51.0 Å². The molecule has 5 heteroatoms. The third kappa shape index (κ3) is 4.31. The molecular formula is C17H27NO3S. The minimum atomic E-state index is -3.15. The Kier molecular flexibility index (Phi) is 6.01. The van der Waals surface area contributed by atoms with Gasteiger partial charge in [0.2, 0.25) is 10.0 Å². The van der Waals surface area contributed by atoms with Gasteiger partial charge in [0.05, 0.1) is 11.4 Å². The molecule has 1 atom stereocenters. The van der Waals surface area contributed by atoms with E-state index in [4.69, 9.17) is 0 Å². The van der Waals surface area contributed by atoms with Gasteiger partial charge in [-0.3, -0.25) is 0 Å². The molecule has 1 N–H and O–H groups in total. The summed E-state index contributed by atoms with van der Waals surface area (Å²) in [6.07, 6.45) is 2.77. The Balaban J connectivity index is 1.81. The van der Waals surface area contributed by atoms with Crippen LogP contribution in [0.5, 0.6) is 0 Å². The van der Waals surface area contributed by atoms with E-state index in [2.05, 4.69) is 12.1 Å². The van der Waals surface area contributed by atoms with E-state index in [1.54, 1.807) is 18.2 Å². The quantitative estimate of drug-likeness (QED) is 0.874. The largest absolute Gasteiger partial charge is 0.393 e. The number of nitrogens with zero attached hydrogens (tertiary/aromatic N) is 1. The standard InChI is InChI=1S/C17H27NO3S/c1-14(2)22(20,21)18-12-10-16(11-13-18)17(19)9-8-15-6-4-3-5-7-15/h3-7,14,16-17,19H,8-13H2,1-2H3. The molecule has 124 valence electrons. The van der Waals surface area contributed by atoms with Crippen molar-refractivity contribution in [2.24, 2.45) is 5.92 Å². The molecule has 4 nitrogen and oxygen atoms in total. The Hall–Kier alpha value is -0.910. The van der Waals surface area contributed by atoms with Crippen LogP contribution in [0.15, 0.2) is 30.3 Å². The predicted molar refractivity (Wildman–Crippen MR) is 89.1 cm³/mol. The number of hydrogen-bond acceptors (Lipinski definition) is 3. The molecular weight excluding hydrogens is 298 g/mol. The third-order valence-corrected chi connectivity index (χ3v) is 6.85. The van der Waals surface area contributed by atoms with Crippen molar-refractivity contribution in [2.75, 3.05) is 13.1 Å². The molecule has 0 spiro atoms. The second-order valence-corrected chi connectivity index (χ2v) is 8.91. The minimum Gasteiger partial charge on any atom is -0.393 e. The van der Waals surface area contributed by atoms with Crippen LogP contribution in [0.2, 0.25) is 0 Å². The van der Waals surface area contributed by atoms with Crippen molar-refractivity contribution in [3.05, 3.63) is 35.9 Å². The molecule has 1 saturated heterocycles. The maximum atomic E-state index is 12.1. The zero-order valence-electron chi connectivity index (χ0n) is 13.5. The number of benzene rings is 1. The number of piperidine rings is 1. The van der Waals surface area contributed by atoms with E-state index in [9.17, 15) is 13.5 Å². The summed E-state index contributed by atoms with van der Waals surface area (Å²) in [5.74, 6) is 0.210. The number of rotatable bonds is 6. The number of hydrogen-bond donors (Lipinski definition) is 1. The van der Waals surface area contributed by atoms with Crippen LogP contribution in [0.1, 0.15) is 38.7 Å². The first-order chi connectivity index (χ1) is 10.4. The van der Waals surface area contributed by atoms with Gasteiger partial charge in [-0.25, -0.2) is 12.7 Å². The molecule has 2 rings (SSSR count). The van der Waals surface area contributed by atoms with Gasteiger partial charge in [0.25, 0.3) is 0 Å². The number of sulfonamides is 1. The van der Waals surface area contributed by atoms with Gasteiger partial charge >= 0.3 is 0 Å². The molecule has 0 saturated carbocycles. The van der Waals surface area contributed by atoms with E-state index in [0.29, 0.717) is 13.1 Å². The lowest BCUT2D eigenvalue weighted by molar-refractivity contribution is 0.0694. The molecule has 1 aliphatic heterocycles. The topological polar surface area (TPSA) is 57.6 Å². The molecule has 0 amide bonds. The first kappa shape index (κ1) is 17.4. The monoisotopic (exact) mass is 325 g/mol. The first-order valence-electron chi connectivity index (χ1n) is 8.12. The van der Waals surface area contributed by atoms with Gasteiger partial charge in [0, 0.05) is 13.1 Å². The Morgan fingerprint density at radius 2 is 1.77 bits per heavy atom. The van der Waals surface area contributed by atoms with Crippen LogP contribution >= 0.6 is 0 Å². The lowest BCUT2D eigenvalue weighted by atomic mass is 9.89. The van der Waals surface area contributed by atoms with Gasteiger partial charge in [-0.2, -0.15) is 0 Å². The van der Waals surface area contributed by atoms with E-state index in [1.807, 2.05) is 18.2 Å². The molecule has 1 aliphatic rings. The van der Waals surface area contributed by atoms with Crippen LogP contribution in [0.3, 0.4) is 0 Å². The normalized spacial score (nSPS) is 19.5. The molecule has 0 aliphatic carbocycles. The van der Waals surface area contributed by atoms with Crippen molar-refractivity contribution in [3.8, 4) is 0 Å². The summed E-state index contributed by atoms with van der Waals surface area (Å²) in [4.78, 5) is 0. The second kappa shape index (κ2) is 7.57. The van der Waals surface area contributed by atoms with Crippen molar-refractivity contribution < 1.29 is 13.5 Å². The van der Waals surface area contributed by atoms with E-state index >= 15 is 0 Å². The third-order valence-electron chi connectivity index (χ3n) is 4.57. The Morgan fingerprint density at radius 1 is 1.18 bits per heavy atom. The van der Waals surface area contributed by atoms with E-state index in [1.165, 1.54) is 5.56 Å². The number of aryl methyl sites for hydroxylation is 1. The number of aliphatic hydroxyl groups is 1. The van der Waals surface area contributed by atoms with Gasteiger partial charge in [0.15, 0.2) is 0 Å². The average molecular weight is 325 g/mol. The summed E-state index contributed by atoms with van der Waals surface area (Å²) in [6, 6.07) is 10.2. The van der Waals surface area contributed by atoms with Gasteiger partial charge in [0.1, 0.15) is 0 Å². The Labute approximate surface area is 134 Å². The minimum absolute atomic E-state index is 0.210. The smallest absolute Gasteiger partial charge is 0.216 e. The summed E-state index contributed by atoms with van der Waals surface area (Å²) in [5, 5.41) is 10.00. The van der Waals surface area contributed by atoms with Crippen molar-refractivity contribution in [2.45, 2.75) is 50.9 Å². The summed E-state index contributed by atoms with van der Waals surface area (Å²) in [6.45, 7) is 4.51. The maximum absolute atomic E-state index is 12.1. The highest BCUT2D eigenvalue weighted by atomic mass is 32.2. The first-order valence-corrected chi connectivity index (χ1v) is 9.62. The zero-order valence-corrected chi connectivity index (χ0v) is 14.3. The van der Waals surface area contributed by atoms with Crippen LogP contribution < -0.4 is 0 Å². The fourth-order valence-electron chi connectivity index (χ4n) is 3.01. The second-order valence-electron chi connectivity index (χ2n) is 6.42. The van der Waals surface area contributed by atoms with Gasteiger partial charge in [-0.1, -0.05) is 30.3 Å². The fourth-order valence-corrected chi connectivity index (χ4v) is 4.32. The maximum Gasteiger partial charge on any atom is 0.216 e. The molecule has 1 aromatic carbocycles. The summed E-state index contributed by atoms with van der Waals surface area (Å²) in [5.41, 5.74) is 1.24. The molecule has 0 radical (unpaired) electrons. The average Bonchev–Trinajstić information content (AvgIpc) is 2.53. The highest BCUT2D eigenvalue weighted by Crippen LogP contribution is 2.26. The van der Waals surface area contributed by atoms with Crippen molar-refractivity contribution in [1.82, 2.24) is 4.31 Å². The number of aliphatic hydroxyl groups excluding tert-OH is 1. The van der Waals surface area contributed by atoms with E-state index in [0.717, 1.165) is 25.7 Å². The van der Waals surface area contributed by atoms with Gasteiger partial charge < -0.3 is 5.11 Å². The molecule has 0 bridgehead atoms. The Bertz CT molecular complexity index is 549. The molecule has 1 fully saturated rings. The molecule has 22 heavy (non-hydrogen) atoms. The van der Waals surface area contributed by atoms with Crippen LogP contribution in [0, 0.1) is 5.92 Å². The summed E-state index contributed by atoms with van der Waals surface area (Å²) >= 11 is 0. The van der Waals surface area contributed by atoms with E-state index < -0.39 is 10.0 Å². The summed E-state index contributed by atoms with van der Waals surface area (Å²) in [7, 11) is -3.15. The predicted octanol–water partition coefficient (Wildman–Crippen LogP) is 2.43.